The second kappa shape index (κ2) is 14.1. The van der Waals surface area contributed by atoms with Gasteiger partial charge in [0.05, 0.1) is 44.8 Å². The highest BCUT2D eigenvalue weighted by molar-refractivity contribution is 6.31. The Morgan fingerprint density at radius 1 is 1.07 bits per heavy atom. The Morgan fingerprint density at radius 3 is 2.49 bits per heavy atom. The molecule has 1 atom stereocenters. The smallest absolute Gasteiger partial charge is 0.163 e. The number of aliphatic hydroxyl groups is 2. The van der Waals surface area contributed by atoms with Crippen LogP contribution in [0.4, 0.5) is 4.39 Å². The van der Waals surface area contributed by atoms with Crippen molar-refractivity contribution < 1.29 is 38.3 Å². The Morgan fingerprint density at radius 2 is 1.80 bits per heavy atom. The van der Waals surface area contributed by atoms with Crippen molar-refractivity contribution in [3.05, 3.63) is 70.6 Å². The van der Waals surface area contributed by atoms with Gasteiger partial charge in [0.15, 0.2) is 17.3 Å². The average Bonchev–Trinajstić information content (AvgIpc) is 3.00. The lowest BCUT2D eigenvalue weighted by atomic mass is 9.89. The predicted molar refractivity (Wildman–Crippen MR) is 151 cm³/mol. The van der Waals surface area contributed by atoms with E-state index in [2.05, 4.69) is 4.90 Å². The minimum atomic E-state index is -1.51. The van der Waals surface area contributed by atoms with Crippen LogP contribution in [0.5, 0.6) is 17.2 Å². The fraction of sp³-hybridized carbons (Fsp3) is 0.400. The molecule has 1 aliphatic rings. The quantitative estimate of drug-likeness (QED) is 0.285. The summed E-state index contributed by atoms with van der Waals surface area (Å²) in [7, 11) is 2.97. The number of rotatable bonds is 13. The third kappa shape index (κ3) is 7.52. The number of halogens is 2. The molecular weight excluding hydrogens is 555 g/mol. The van der Waals surface area contributed by atoms with Crippen molar-refractivity contribution in [2.24, 2.45) is 0 Å². The molecule has 0 bridgehead atoms. The summed E-state index contributed by atoms with van der Waals surface area (Å²) in [4.78, 5) is 20.1. The minimum Gasteiger partial charge on any atom is -0.494 e. The number of aromatic nitrogens is 1. The van der Waals surface area contributed by atoms with E-state index in [9.17, 15) is 14.3 Å². The van der Waals surface area contributed by atoms with E-state index in [0.29, 0.717) is 66.1 Å². The molecule has 0 aliphatic carbocycles. The first-order chi connectivity index (χ1) is 19.8. The Labute approximate surface area is 243 Å². The van der Waals surface area contributed by atoms with E-state index < -0.39 is 11.4 Å². The Bertz CT molecular complexity index is 1350. The molecule has 1 aromatic heterocycles. The van der Waals surface area contributed by atoms with Crippen molar-refractivity contribution in [1.29, 1.82) is 0 Å². The molecule has 1 fully saturated rings. The number of hydrogen-bond donors (Lipinski definition) is 2. The van der Waals surface area contributed by atoms with Gasteiger partial charge in [0.2, 0.25) is 0 Å². The summed E-state index contributed by atoms with van der Waals surface area (Å²) in [6.07, 6.45) is 0.101. The number of carbonyl (C=O) groups excluding carboxylic acids is 1. The second-order valence-corrected chi connectivity index (χ2v) is 10.1. The highest BCUT2D eigenvalue weighted by Gasteiger charge is 2.35. The number of benzene rings is 2. The zero-order valence-corrected chi connectivity index (χ0v) is 23.8. The average molecular weight is 589 g/mol. The zero-order chi connectivity index (χ0) is 29.4. The third-order valence-corrected chi connectivity index (χ3v) is 7.23. The van der Waals surface area contributed by atoms with Crippen LogP contribution < -0.4 is 14.2 Å². The molecule has 1 aliphatic heterocycles. The molecule has 2 N–H and O–H groups in total. The predicted octanol–water partition coefficient (Wildman–Crippen LogP) is 4.11. The number of hydrogen-bond acceptors (Lipinski definition) is 9. The molecule has 0 spiro atoms. The number of methoxy groups -OCH3 is 2. The third-order valence-electron chi connectivity index (χ3n) is 6.94. The van der Waals surface area contributed by atoms with E-state index in [1.807, 2.05) is 0 Å². The van der Waals surface area contributed by atoms with Gasteiger partial charge in [-0.3, -0.25) is 9.69 Å². The molecule has 0 amide bonds. The van der Waals surface area contributed by atoms with E-state index in [1.54, 1.807) is 36.4 Å². The van der Waals surface area contributed by atoms with E-state index in [0.717, 1.165) is 0 Å². The Kier molecular flexibility index (Phi) is 10.5. The summed E-state index contributed by atoms with van der Waals surface area (Å²) >= 11 is 6.04. The van der Waals surface area contributed by atoms with Crippen LogP contribution in [-0.4, -0.2) is 86.2 Å². The van der Waals surface area contributed by atoms with Gasteiger partial charge in [0, 0.05) is 37.2 Å². The number of pyridine rings is 1. The van der Waals surface area contributed by atoms with E-state index >= 15 is 0 Å². The van der Waals surface area contributed by atoms with Gasteiger partial charge in [0.1, 0.15) is 29.5 Å². The summed E-state index contributed by atoms with van der Waals surface area (Å²) in [5.74, 6) is 0.455. The molecule has 0 saturated carbocycles. The van der Waals surface area contributed by atoms with Gasteiger partial charge in [-0.25, -0.2) is 9.37 Å². The van der Waals surface area contributed by atoms with Crippen LogP contribution in [0.1, 0.15) is 28.9 Å². The number of Topliss-reactive ketones (excluding diaryl/α,β-unsaturated/α-hetero) is 1. The van der Waals surface area contributed by atoms with Crippen LogP contribution in [0.25, 0.3) is 11.3 Å². The van der Waals surface area contributed by atoms with Crippen molar-refractivity contribution in [2.45, 2.75) is 18.4 Å². The van der Waals surface area contributed by atoms with Crippen LogP contribution >= 0.6 is 11.6 Å². The molecule has 4 rings (SSSR count). The van der Waals surface area contributed by atoms with Gasteiger partial charge in [0.25, 0.3) is 0 Å². The Balaban J connectivity index is 1.64. The summed E-state index contributed by atoms with van der Waals surface area (Å²) in [6.45, 7) is 2.49. The van der Waals surface area contributed by atoms with E-state index in [4.69, 9.17) is 40.6 Å². The first-order valence-electron chi connectivity index (χ1n) is 13.3. The van der Waals surface area contributed by atoms with Crippen LogP contribution in [0.3, 0.4) is 0 Å². The topological polar surface area (TPSA) is 111 Å². The SMILES string of the molecule is COc1cc(C(=O)CCC(O)(CN2CCOCC2)c2ccc(OC)c(-c3ccc(F)c(Cl)c3)n2)ccc1OCCO. The van der Waals surface area contributed by atoms with Crippen molar-refractivity contribution in [3.63, 3.8) is 0 Å². The molecule has 11 heteroatoms. The number of aliphatic hydroxyl groups excluding tert-OH is 1. The number of carbonyl (C=O) groups is 1. The molecule has 9 nitrogen and oxygen atoms in total. The minimum absolute atomic E-state index is 0.0201. The number of β-amino-alcohol motifs (C(OH)–C–C–N with tert-alkyl or cyclic N) is 1. The van der Waals surface area contributed by atoms with Gasteiger partial charge in [-0.2, -0.15) is 0 Å². The molecule has 1 saturated heterocycles. The number of ether oxygens (including phenoxy) is 4. The highest BCUT2D eigenvalue weighted by Crippen LogP contribution is 2.36. The fourth-order valence-electron chi connectivity index (χ4n) is 4.72. The van der Waals surface area contributed by atoms with Crippen molar-refractivity contribution in [3.8, 4) is 28.5 Å². The van der Waals surface area contributed by atoms with Crippen LogP contribution in [0.15, 0.2) is 48.5 Å². The molecule has 220 valence electrons. The molecule has 0 radical (unpaired) electrons. The molecule has 1 unspecified atom stereocenters. The standard InChI is InChI=1S/C30H34ClFN2O7/c1-38-26-7-8-28(33-29(26)21-3-5-23(32)22(31)17-21)30(37,19-34-11-14-40-15-12-34)10-9-24(36)20-4-6-25(41-16-13-35)27(18-20)39-2/h3-8,17-18,35,37H,9-16,19H2,1-2H3. The first-order valence-corrected chi connectivity index (χ1v) is 13.6. The summed E-state index contributed by atoms with van der Waals surface area (Å²) in [5.41, 5.74) is 0.151. The van der Waals surface area contributed by atoms with Crippen molar-refractivity contribution >= 4 is 17.4 Å². The first kappa shape index (κ1) is 30.7. The normalized spacial score (nSPS) is 15.3. The van der Waals surface area contributed by atoms with E-state index in [1.165, 1.54) is 26.4 Å². The number of nitrogens with zero attached hydrogens (tertiary/aromatic N) is 2. The van der Waals surface area contributed by atoms with Gasteiger partial charge < -0.3 is 29.2 Å². The van der Waals surface area contributed by atoms with Crippen molar-refractivity contribution in [1.82, 2.24) is 9.88 Å². The van der Waals surface area contributed by atoms with Crippen LogP contribution in [-0.2, 0) is 10.3 Å². The second-order valence-electron chi connectivity index (χ2n) is 9.66. The molecular formula is C30H34ClFN2O7. The molecule has 3 aromatic rings. The zero-order valence-electron chi connectivity index (χ0n) is 23.1. The summed E-state index contributed by atoms with van der Waals surface area (Å²) < 4.78 is 35.7. The maximum atomic E-state index is 13.9. The van der Waals surface area contributed by atoms with Crippen LogP contribution in [0.2, 0.25) is 5.02 Å². The van der Waals surface area contributed by atoms with Gasteiger partial charge in [-0.15, -0.1) is 0 Å². The lowest BCUT2D eigenvalue weighted by molar-refractivity contribution is -0.0425. The lowest BCUT2D eigenvalue weighted by Gasteiger charge is -2.36. The van der Waals surface area contributed by atoms with Crippen molar-refractivity contribution in [2.75, 3.05) is 60.3 Å². The van der Waals surface area contributed by atoms with Gasteiger partial charge in [-0.1, -0.05) is 11.6 Å². The maximum Gasteiger partial charge on any atom is 0.163 e. The highest BCUT2D eigenvalue weighted by atomic mass is 35.5. The molecule has 41 heavy (non-hydrogen) atoms. The number of ketones is 1. The largest absolute Gasteiger partial charge is 0.494 e. The Hall–Kier alpha value is -3.28. The maximum absolute atomic E-state index is 13.9. The van der Waals surface area contributed by atoms with Gasteiger partial charge >= 0.3 is 0 Å². The summed E-state index contributed by atoms with van der Waals surface area (Å²) in [5, 5.41) is 21.1. The fourth-order valence-corrected chi connectivity index (χ4v) is 4.90. The molecule has 2 aromatic carbocycles. The van der Waals surface area contributed by atoms with Crippen LogP contribution in [0, 0.1) is 5.82 Å². The van der Waals surface area contributed by atoms with Gasteiger partial charge in [-0.05, 0) is 55.0 Å². The number of morpholine rings is 1. The lowest BCUT2D eigenvalue weighted by Crippen LogP contribution is -2.46. The monoisotopic (exact) mass is 588 g/mol. The summed E-state index contributed by atoms with van der Waals surface area (Å²) in [6, 6.07) is 12.4. The van der Waals surface area contributed by atoms with E-state index in [-0.39, 0.29) is 43.4 Å². The molecule has 2 heterocycles.